The molecule has 0 spiro atoms. The third-order valence-corrected chi connectivity index (χ3v) is 7.45. The standard InChI is InChI=1S/C22H25ClFN7O3S/c23-11-35(33,34)31-18-7-3-4-12-8-13(10-27-19(12)18)28-21-14(20(26)32)9-15(24)22(30-21)29-17-6-2-1-5-16(17)25/h3-4,7-10,16-17,31H,1-2,5-6,11,25H2,(H2,26,32)(H2,28,29,30)/t16-,17+/m0/s1. The highest BCUT2D eigenvalue weighted by Crippen LogP contribution is 2.29. The molecule has 10 nitrogen and oxygen atoms in total. The molecule has 186 valence electrons. The van der Waals surface area contributed by atoms with Gasteiger partial charge >= 0.3 is 0 Å². The number of carbonyl (C=O) groups excluding carboxylic acids is 1. The third kappa shape index (κ3) is 5.72. The van der Waals surface area contributed by atoms with Gasteiger partial charge in [-0.15, -0.1) is 11.6 Å². The number of amides is 1. The summed E-state index contributed by atoms with van der Waals surface area (Å²) in [5.74, 6) is -1.56. The van der Waals surface area contributed by atoms with Crippen molar-refractivity contribution in [2.75, 3.05) is 20.6 Å². The molecule has 3 aromatic rings. The molecule has 0 saturated heterocycles. The van der Waals surface area contributed by atoms with Gasteiger partial charge in [-0.05, 0) is 31.0 Å². The fourth-order valence-electron chi connectivity index (χ4n) is 4.03. The van der Waals surface area contributed by atoms with Crippen molar-refractivity contribution in [1.29, 1.82) is 0 Å². The average Bonchev–Trinajstić information content (AvgIpc) is 2.82. The van der Waals surface area contributed by atoms with E-state index < -0.39 is 27.0 Å². The van der Waals surface area contributed by atoms with Gasteiger partial charge in [0.25, 0.3) is 5.91 Å². The molecule has 0 aliphatic heterocycles. The molecular formula is C22H25ClFN7O3S. The second-order valence-corrected chi connectivity index (χ2v) is 10.6. The second-order valence-electron chi connectivity index (χ2n) is 8.33. The summed E-state index contributed by atoms with van der Waals surface area (Å²) in [5.41, 5.74) is 12.6. The van der Waals surface area contributed by atoms with Crippen molar-refractivity contribution < 1.29 is 17.6 Å². The summed E-state index contributed by atoms with van der Waals surface area (Å²) in [6.45, 7) is 0. The number of pyridine rings is 2. The van der Waals surface area contributed by atoms with E-state index in [4.69, 9.17) is 23.1 Å². The van der Waals surface area contributed by atoms with E-state index >= 15 is 0 Å². The van der Waals surface area contributed by atoms with Gasteiger partial charge in [0.2, 0.25) is 10.0 Å². The largest absolute Gasteiger partial charge is 0.365 e. The van der Waals surface area contributed by atoms with Crippen LogP contribution in [0.3, 0.4) is 0 Å². The Morgan fingerprint density at radius 3 is 2.69 bits per heavy atom. The molecule has 7 N–H and O–H groups in total. The van der Waals surface area contributed by atoms with Crippen LogP contribution >= 0.6 is 11.6 Å². The maximum absolute atomic E-state index is 14.7. The van der Waals surface area contributed by atoms with Gasteiger partial charge in [0, 0.05) is 17.5 Å². The minimum absolute atomic E-state index is 0.0358. The summed E-state index contributed by atoms with van der Waals surface area (Å²) in [6.07, 6.45) is 5.04. The fraction of sp³-hybridized carbons (Fsp3) is 0.318. The van der Waals surface area contributed by atoms with Crippen molar-refractivity contribution in [2.24, 2.45) is 11.5 Å². The maximum Gasteiger partial charge on any atom is 0.252 e. The highest BCUT2D eigenvalue weighted by molar-refractivity contribution is 7.93. The van der Waals surface area contributed by atoms with Gasteiger partial charge in [0.1, 0.15) is 11.0 Å². The van der Waals surface area contributed by atoms with Crippen LogP contribution in [-0.4, -0.2) is 41.6 Å². The Morgan fingerprint density at radius 1 is 1.20 bits per heavy atom. The predicted octanol–water partition coefficient (Wildman–Crippen LogP) is 3.23. The van der Waals surface area contributed by atoms with Crippen molar-refractivity contribution in [2.45, 2.75) is 37.8 Å². The van der Waals surface area contributed by atoms with Gasteiger partial charge in [0.05, 0.1) is 28.7 Å². The van der Waals surface area contributed by atoms with Gasteiger partial charge < -0.3 is 22.1 Å². The first kappa shape index (κ1) is 24.9. The summed E-state index contributed by atoms with van der Waals surface area (Å²) < 4.78 is 40.9. The molecule has 13 heteroatoms. The summed E-state index contributed by atoms with van der Waals surface area (Å²) in [7, 11) is -3.72. The lowest BCUT2D eigenvalue weighted by Crippen LogP contribution is -2.43. The number of nitrogens with one attached hydrogen (secondary N) is 3. The zero-order valence-corrected chi connectivity index (χ0v) is 20.2. The number of nitrogens with two attached hydrogens (primary N) is 2. The quantitative estimate of drug-likeness (QED) is 0.282. The Balaban J connectivity index is 1.66. The minimum Gasteiger partial charge on any atom is -0.365 e. The molecule has 1 saturated carbocycles. The van der Waals surface area contributed by atoms with Crippen molar-refractivity contribution in [3.8, 4) is 0 Å². The van der Waals surface area contributed by atoms with Crippen molar-refractivity contribution in [3.63, 3.8) is 0 Å². The first-order valence-corrected chi connectivity index (χ1v) is 13.1. The van der Waals surface area contributed by atoms with Gasteiger partial charge in [-0.2, -0.15) is 0 Å². The molecule has 2 atom stereocenters. The van der Waals surface area contributed by atoms with E-state index in [1.165, 1.54) is 6.20 Å². The summed E-state index contributed by atoms with van der Waals surface area (Å²) in [5, 5.41) is 6.03. The van der Waals surface area contributed by atoms with E-state index in [1.54, 1.807) is 24.3 Å². The zero-order chi connectivity index (χ0) is 25.2. The molecule has 1 aliphatic rings. The Bertz CT molecular complexity index is 1370. The molecular weight excluding hydrogens is 497 g/mol. The second kappa shape index (κ2) is 10.2. The molecule has 0 radical (unpaired) electrons. The number of carbonyl (C=O) groups is 1. The minimum atomic E-state index is -3.72. The van der Waals surface area contributed by atoms with Gasteiger partial charge in [0.15, 0.2) is 11.6 Å². The molecule has 0 unspecified atom stereocenters. The van der Waals surface area contributed by atoms with Crippen LogP contribution in [0, 0.1) is 5.82 Å². The van der Waals surface area contributed by atoms with Crippen LogP contribution < -0.4 is 26.8 Å². The lowest BCUT2D eigenvalue weighted by molar-refractivity contribution is 0.100. The number of anilines is 4. The number of para-hydroxylation sites is 1. The van der Waals surface area contributed by atoms with E-state index in [9.17, 15) is 17.6 Å². The number of nitrogens with zero attached hydrogens (tertiary/aromatic N) is 2. The monoisotopic (exact) mass is 521 g/mol. The smallest absolute Gasteiger partial charge is 0.252 e. The molecule has 35 heavy (non-hydrogen) atoms. The van der Waals surface area contributed by atoms with Crippen molar-refractivity contribution in [1.82, 2.24) is 9.97 Å². The highest BCUT2D eigenvalue weighted by Gasteiger charge is 2.24. The van der Waals surface area contributed by atoms with E-state index in [2.05, 4.69) is 25.3 Å². The number of fused-ring (bicyclic) bond motifs is 1. The zero-order valence-electron chi connectivity index (χ0n) is 18.6. The summed E-state index contributed by atoms with van der Waals surface area (Å²) in [4.78, 5) is 20.6. The van der Waals surface area contributed by atoms with Gasteiger partial charge in [-0.1, -0.05) is 25.0 Å². The predicted molar refractivity (Wildman–Crippen MR) is 135 cm³/mol. The van der Waals surface area contributed by atoms with E-state index in [1.807, 2.05) is 0 Å². The van der Waals surface area contributed by atoms with Crippen LogP contribution in [0.2, 0.25) is 0 Å². The van der Waals surface area contributed by atoms with Crippen molar-refractivity contribution >= 4 is 61.4 Å². The molecule has 1 aromatic carbocycles. The molecule has 4 rings (SSSR count). The summed E-state index contributed by atoms with van der Waals surface area (Å²) in [6, 6.07) is 7.38. The van der Waals surface area contributed by atoms with Crippen LogP contribution in [0.25, 0.3) is 10.9 Å². The van der Waals surface area contributed by atoms with Crippen LogP contribution in [-0.2, 0) is 10.0 Å². The Labute approximate surface area is 206 Å². The number of rotatable bonds is 8. The van der Waals surface area contributed by atoms with Crippen molar-refractivity contribution in [3.05, 3.63) is 47.9 Å². The van der Waals surface area contributed by atoms with E-state index in [-0.39, 0.29) is 35.0 Å². The topological polar surface area (TPSA) is 165 Å². The highest BCUT2D eigenvalue weighted by atomic mass is 35.5. The Hall–Kier alpha value is -3.22. The molecule has 2 heterocycles. The van der Waals surface area contributed by atoms with Gasteiger partial charge in [-0.3, -0.25) is 14.5 Å². The third-order valence-electron chi connectivity index (χ3n) is 5.77. The lowest BCUT2D eigenvalue weighted by Gasteiger charge is -2.30. The Kier molecular flexibility index (Phi) is 7.24. The molecule has 1 amide bonds. The first-order valence-electron chi connectivity index (χ1n) is 10.9. The van der Waals surface area contributed by atoms with Crippen LogP contribution in [0.15, 0.2) is 36.5 Å². The normalized spacial score (nSPS) is 18.3. The number of aromatic nitrogens is 2. The first-order chi connectivity index (χ1) is 16.7. The van der Waals surface area contributed by atoms with E-state index in [0.29, 0.717) is 16.6 Å². The molecule has 0 bridgehead atoms. The number of hydrogen-bond acceptors (Lipinski definition) is 8. The molecule has 1 fully saturated rings. The lowest BCUT2D eigenvalue weighted by atomic mass is 9.91. The molecule has 2 aromatic heterocycles. The number of sulfonamides is 1. The SMILES string of the molecule is NC(=O)c1cc(F)c(N[C@@H]2CCCC[C@@H]2N)nc1Nc1cnc2c(NS(=O)(=O)CCl)cccc2c1. The van der Waals surface area contributed by atoms with Crippen LogP contribution in [0.4, 0.5) is 27.4 Å². The van der Waals surface area contributed by atoms with Crippen LogP contribution in [0.5, 0.6) is 0 Å². The number of halogens is 2. The molecule has 1 aliphatic carbocycles. The van der Waals surface area contributed by atoms with E-state index in [0.717, 1.165) is 31.7 Å². The Morgan fingerprint density at radius 2 is 1.97 bits per heavy atom. The van der Waals surface area contributed by atoms with Gasteiger partial charge in [-0.25, -0.2) is 17.8 Å². The summed E-state index contributed by atoms with van der Waals surface area (Å²) >= 11 is 5.48. The number of benzene rings is 1. The average molecular weight is 522 g/mol. The number of hydrogen-bond donors (Lipinski definition) is 5. The number of alkyl halides is 1. The number of primary amides is 1. The fourth-order valence-corrected chi connectivity index (χ4v) is 4.75. The van der Waals surface area contributed by atoms with Crippen LogP contribution in [0.1, 0.15) is 36.0 Å². The maximum atomic E-state index is 14.7.